The number of aryl methyl sites for hydroxylation is 2. The quantitative estimate of drug-likeness (QED) is 0.359. The molecule has 2 heterocycles. The van der Waals surface area contributed by atoms with Crippen LogP contribution in [0.25, 0.3) is 11.4 Å². The van der Waals surface area contributed by atoms with Gasteiger partial charge in [-0.1, -0.05) is 18.2 Å². The fourth-order valence-electron chi connectivity index (χ4n) is 3.80. The Balaban J connectivity index is 1.71. The molecule has 0 bridgehead atoms. The van der Waals surface area contributed by atoms with Gasteiger partial charge < -0.3 is 9.47 Å². The van der Waals surface area contributed by atoms with E-state index in [1.165, 1.54) is 16.6 Å². The second kappa shape index (κ2) is 10.3. The van der Waals surface area contributed by atoms with Crippen molar-refractivity contribution in [2.75, 3.05) is 11.4 Å². The van der Waals surface area contributed by atoms with Crippen molar-refractivity contribution in [2.24, 2.45) is 0 Å². The molecule has 10 nitrogen and oxygen atoms in total. The number of anilines is 1. The largest absolute Gasteiger partial charge is 0.496 e. The fourth-order valence-corrected chi connectivity index (χ4v) is 5.40. The summed E-state index contributed by atoms with van der Waals surface area (Å²) in [6.07, 6.45) is 1.47. The van der Waals surface area contributed by atoms with Crippen LogP contribution in [0.4, 0.5) is 5.69 Å². The number of aromatic amines is 1. The van der Waals surface area contributed by atoms with E-state index in [0.717, 1.165) is 22.3 Å². The maximum Gasteiger partial charge on any atom is 0.282 e. The summed E-state index contributed by atoms with van der Waals surface area (Å²) in [5.74, 6) is 1.55. The van der Waals surface area contributed by atoms with E-state index in [0.29, 0.717) is 23.0 Å². The van der Waals surface area contributed by atoms with Gasteiger partial charge in [0.25, 0.3) is 10.0 Å². The number of ether oxygens (including phenoxy) is 2. The van der Waals surface area contributed by atoms with E-state index in [1.807, 2.05) is 58.0 Å². The Bertz CT molecular complexity index is 1440. The van der Waals surface area contributed by atoms with Gasteiger partial charge in [-0.15, -0.1) is 5.10 Å². The molecule has 4 aromatic rings. The minimum Gasteiger partial charge on any atom is -0.496 e. The highest BCUT2D eigenvalue weighted by Crippen LogP contribution is 2.37. The van der Waals surface area contributed by atoms with Gasteiger partial charge >= 0.3 is 0 Å². The summed E-state index contributed by atoms with van der Waals surface area (Å²) in [6.45, 7) is 7.69. The second-order valence-electron chi connectivity index (χ2n) is 8.53. The number of hydrogen-bond donors (Lipinski definition) is 1. The van der Waals surface area contributed by atoms with Crippen LogP contribution in [-0.2, 0) is 16.6 Å². The van der Waals surface area contributed by atoms with E-state index in [4.69, 9.17) is 9.47 Å². The number of H-pyrrole nitrogens is 1. The van der Waals surface area contributed by atoms with Crippen molar-refractivity contribution in [3.05, 3.63) is 71.4 Å². The molecule has 2 aromatic carbocycles. The Labute approximate surface area is 210 Å². The van der Waals surface area contributed by atoms with E-state index in [-0.39, 0.29) is 17.7 Å². The molecule has 0 saturated carbocycles. The Morgan fingerprint density at radius 2 is 1.81 bits per heavy atom. The molecular weight excluding hydrogens is 480 g/mol. The lowest BCUT2D eigenvalue weighted by molar-refractivity contribution is 0.297. The summed E-state index contributed by atoms with van der Waals surface area (Å²) >= 11 is 0. The van der Waals surface area contributed by atoms with Gasteiger partial charge in [0.2, 0.25) is 0 Å². The van der Waals surface area contributed by atoms with Gasteiger partial charge in [-0.3, -0.25) is 4.31 Å². The van der Waals surface area contributed by atoms with E-state index < -0.39 is 10.0 Å². The number of hydrogen-bond acceptors (Lipinski definition) is 8. The predicted molar refractivity (Wildman–Crippen MR) is 135 cm³/mol. The van der Waals surface area contributed by atoms with Gasteiger partial charge in [0.15, 0.2) is 10.9 Å². The van der Waals surface area contributed by atoms with E-state index in [2.05, 4.69) is 25.6 Å². The minimum atomic E-state index is -3.94. The highest BCUT2D eigenvalue weighted by atomic mass is 32.2. The van der Waals surface area contributed by atoms with Crippen molar-refractivity contribution in [1.29, 1.82) is 0 Å². The van der Waals surface area contributed by atoms with E-state index >= 15 is 0 Å². The number of rotatable bonds is 9. The summed E-state index contributed by atoms with van der Waals surface area (Å²) in [4.78, 5) is 4.09. The average Bonchev–Trinajstić information content (AvgIpc) is 3.40. The molecule has 188 valence electrons. The van der Waals surface area contributed by atoms with E-state index in [9.17, 15) is 8.42 Å². The van der Waals surface area contributed by atoms with Crippen LogP contribution < -0.4 is 13.8 Å². The second-order valence-corrected chi connectivity index (χ2v) is 10.3. The first-order valence-electron chi connectivity index (χ1n) is 11.3. The summed E-state index contributed by atoms with van der Waals surface area (Å²) in [7, 11) is -2.36. The number of aromatic nitrogens is 5. The molecule has 1 N–H and O–H groups in total. The molecule has 0 radical (unpaired) electrons. The van der Waals surface area contributed by atoms with Crippen LogP contribution in [0.5, 0.6) is 11.5 Å². The molecule has 0 fully saturated rings. The third kappa shape index (κ3) is 5.01. The van der Waals surface area contributed by atoms with Crippen LogP contribution in [0.2, 0.25) is 0 Å². The molecule has 11 heteroatoms. The monoisotopic (exact) mass is 508 g/mol. The van der Waals surface area contributed by atoms with Gasteiger partial charge in [0.1, 0.15) is 18.1 Å². The average molecular weight is 509 g/mol. The standard InChI is InChI=1S/C25H28N6O4S/c1-16(2)31(36(32,33)24-8-6-7-11-26-24)21-12-17(3)18(4)13-23(21)35-15-20-10-9-19(14-22(20)34-5)25-27-29-30-28-25/h6-14,16H,15H2,1-5H3,(H,27,28,29,30). The van der Waals surface area contributed by atoms with Crippen molar-refractivity contribution in [3.63, 3.8) is 0 Å². The Kier molecular flexibility index (Phi) is 7.20. The van der Waals surface area contributed by atoms with Gasteiger partial charge in [-0.25, -0.2) is 10.1 Å². The molecule has 0 aliphatic carbocycles. The lowest BCUT2D eigenvalue weighted by Crippen LogP contribution is -2.37. The molecule has 0 aliphatic rings. The Morgan fingerprint density at radius 3 is 2.44 bits per heavy atom. The van der Waals surface area contributed by atoms with Crippen LogP contribution in [-0.4, -0.2) is 47.2 Å². The SMILES string of the molecule is COc1cc(-c2nnn[nH]2)ccc1COc1cc(C)c(C)cc1N(C(C)C)S(=O)(=O)c1ccccn1. The minimum absolute atomic E-state index is 0.0259. The maximum atomic E-state index is 13.6. The Hall–Kier alpha value is -3.99. The predicted octanol–water partition coefficient (Wildman–Crippen LogP) is 4.07. The van der Waals surface area contributed by atoms with Crippen LogP contribution in [0.1, 0.15) is 30.5 Å². The van der Waals surface area contributed by atoms with Crippen molar-refractivity contribution >= 4 is 15.7 Å². The molecule has 0 atom stereocenters. The highest BCUT2D eigenvalue weighted by molar-refractivity contribution is 7.92. The van der Waals surface area contributed by atoms with Gasteiger partial charge in [0.05, 0.1) is 12.8 Å². The fraction of sp³-hybridized carbons (Fsp3) is 0.280. The summed E-state index contributed by atoms with van der Waals surface area (Å²) < 4.78 is 40.4. The van der Waals surface area contributed by atoms with Gasteiger partial charge in [-0.2, -0.15) is 8.42 Å². The number of sulfonamides is 1. The van der Waals surface area contributed by atoms with Crippen molar-refractivity contribution in [2.45, 2.75) is 45.4 Å². The molecule has 0 amide bonds. The molecule has 0 unspecified atom stereocenters. The topological polar surface area (TPSA) is 123 Å². The lowest BCUT2D eigenvalue weighted by Gasteiger charge is -2.30. The summed E-state index contributed by atoms with van der Waals surface area (Å²) in [5.41, 5.74) is 3.92. The van der Waals surface area contributed by atoms with Gasteiger partial charge in [-0.05, 0) is 79.6 Å². The van der Waals surface area contributed by atoms with E-state index in [1.54, 1.807) is 19.2 Å². The van der Waals surface area contributed by atoms with Crippen molar-refractivity contribution in [3.8, 4) is 22.9 Å². The third-order valence-electron chi connectivity index (χ3n) is 5.73. The zero-order chi connectivity index (χ0) is 25.9. The molecule has 4 rings (SSSR count). The first kappa shape index (κ1) is 25.1. The first-order chi connectivity index (χ1) is 17.2. The highest BCUT2D eigenvalue weighted by Gasteiger charge is 2.31. The van der Waals surface area contributed by atoms with Gasteiger partial charge in [0, 0.05) is 23.4 Å². The maximum absolute atomic E-state index is 13.6. The summed E-state index contributed by atoms with van der Waals surface area (Å²) in [6, 6.07) is 13.7. The number of nitrogens with one attached hydrogen (secondary N) is 1. The number of benzene rings is 2. The smallest absolute Gasteiger partial charge is 0.282 e. The molecule has 0 spiro atoms. The zero-order valence-electron chi connectivity index (χ0n) is 20.8. The number of pyridine rings is 1. The van der Waals surface area contributed by atoms with Crippen LogP contribution in [0.3, 0.4) is 0 Å². The third-order valence-corrected chi connectivity index (χ3v) is 7.64. The number of methoxy groups -OCH3 is 1. The lowest BCUT2D eigenvalue weighted by atomic mass is 10.1. The molecule has 0 aliphatic heterocycles. The summed E-state index contributed by atoms with van der Waals surface area (Å²) in [5, 5.41) is 13.8. The van der Waals surface area contributed by atoms with Crippen LogP contribution in [0.15, 0.2) is 59.8 Å². The number of tetrazole rings is 1. The van der Waals surface area contributed by atoms with Crippen molar-refractivity contribution < 1.29 is 17.9 Å². The first-order valence-corrected chi connectivity index (χ1v) is 12.8. The molecular formula is C25H28N6O4S. The Morgan fingerprint density at radius 1 is 1.03 bits per heavy atom. The molecule has 2 aromatic heterocycles. The van der Waals surface area contributed by atoms with Crippen LogP contribution >= 0.6 is 0 Å². The molecule has 36 heavy (non-hydrogen) atoms. The molecule has 0 saturated heterocycles. The zero-order valence-corrected chi connectivity index (χ0v) is 21.6. The van der Waals surface area contributed by atoms with Crippen molar-refractivity contribution in [1.82, 2.24) is 25.6 Å². The number of nitrogens with zero attached hydrogens (tertiary/aromatic N) is 5. The normalized spacial score (nSPS) is 11.5. The van der Waals surface area contributed by atoms with Crippen LogP contribution in [0, 0.1) is 13.8 Å².